The van der Waals surface area contributed by atoms with Crippen molar-refractivity contribution in [3.8, 4) is 0 Å². The van der Waals surface area contributed by atoms with E-state index in [2.05, 4.69) is 10.6 Å². The van der Waals surface area contributed by atoms with E-state index >= 15 is 0 Å². The van der Waals surface area contributed by atoms with E-state index in [1.807, 2.05) is 13.0 Å². The van der Waals surface area contributed by atoms with Gasteiger partial charge >= 0.3 is 5.97 Å². The molecule has 7 nitrogen and oxygen atoms in total. The van der Waals surface area contributed by atoms with Crippen LogP contribution in [0.25, 0.3) is 0 Å². The van der Waals surface area contributed by atoms with Crippen molar-refractivity contribution in [1.82, 2.24) is 5.32 Å². The molecule has 0 radical (unpaired) electrons. The molecule has 2 atom stereocenters. The van der Waals surface area contributed by atoms with Gasteiger partial charge in [0.2, 0.25) is 11.7 Å². The van der Waals surface area contributed by atoms with E-state index in [1.54, 1.807) is 56.3 Å². The predicted octanol–water partition coefficient (Wildman–Crippen LogP) is 3.52. The van der Waals surface area contributed by atoms with Crippen molar-refractivity contribution in [1.29, 1.82) is 0 Å². The largest absolute Gasteiger partial charge is 0.453 e. The van der Waals surface area contributed by atoms with Gasteiger partial charge in [-0.15, -0.1) is 0 Å². The number of ketones is 1. The van der Waals surface area contributed by atoms with Crippen molar-refractivity contribution in [2.24, 2.45) is 5.92 Å². The third-order valence-corrected chi connectivity index (χ3v) is 4.60. The van der Waals surface area contributed by atoms with E-state index in [1.165, 1.54) is 13.8 Å². The normalized spacial score (nSPS) is 12.6. The SMILES string of the molecule is Cc1cccc(C(=O)N[C@@H](C)C(=O)O[C@H](C)C(=O)c2ccc(NC(=O)C(C)C)cc2)c1. The maximum absolute atomic E-state index is 12.6. The van der Waals surface area contributed by atoms with Crippen LogP contribution in [0.5, 0.6) is 0 Å². The van der Waals surface area contributed by atoms with Crippen LogP contribution in [0.2, 0.25) is 0 Å². The predicted molar refractivity (Wildman–Crippen MR) is 118 cm³/mol. The number of anilines is 1. The standard InChI is InChI=1S/C24H28N2O5/c1-14(2)22(28)26-20-11-9-18(10-12-20)21(27)17(5)31-24(30)16(4)25-23(29)19-8-6-7-15(3)13-19/h6-14,16-17H,1-5H3,(H,25,29)(H,26,28)/t16-,17+/m0/s1. The Kier molecular flexibility index (Phi) is 8.07. The molecule has 0 aliphatic carbocycles. The van der Waals surface area contributed by atoms with Gasteiger partial charge in [0, 0.05) is 22.7 Å². The monoisotopic (exact) mass is 424 g/mol. The van der Waals surface area contributed by atoms with Gasteiger partial charge in [0.05, 0.1) is 0 Å². The van der Waals surface area contributed by atoms with Gasteiger partial charge in [-0.3, -0.25) is 14.4 Å². The first kappa shape index (κ1) is 23.8. The van der Waals surface area contributed by atoms with Crippen LogP contribution >= 0.6 is 0 Å². The minimum Gasteiger partial charge on any atom is -0.453 e. The number of aryl methyl sites for hydroxylation is 1. The lowest BCUT2D eigenvalue weighted by atomic mass is 10.1. The van der Waals surface area contributed by atoms with Crippen molar-refractivity contribution >= 4 is 29.3 Å². The number of carbonyl (C=O) groups excluding carboxylic acids is 4. The molecule has 0 saturated carbocycles. The van der Waals surface area contributed by atoms with Crippen molar-refractivity contribution in [3.05, 3.63) is 65.2 Å². The molecule has 0 saturated heterocycles. The lowest BCUT2D eigenvalue weighted by molar-refractivity contribution is -0.148. The molecule has 0 aliphatic rings. The Morgan fingerprint density at radius 2 is 1.52 bits per heavy atom. The number of hydrogen-bond donors (Lipinski definition) is 2. The highest BCUT2D eigenvalue weighted by atomic mass is 16.5. The second-order valence-electron chi connectivity index (χ2n) is 7.73. The number of rotatable bonds is 8. The number of benzene rings is 2. The van der Waals surface area contributed by atoms with Crippen LogP contribution in [0.15, 0.2) is 48.5 Å². The van der Waals surface area contributed by atoms with E-state index in [0.717, 1.165) is 5.56 Å². The van der Waals surface area contributed by atoms with Gasteiger partial charge in [-0.05, 0) is 57.2 Å². The Labute approximate surface area is 182 Å². The molecule has 2 amide bonds. The van der Waals surface area contributed by atoms with Gasteiger partial charge in [0.1, 0.15) is 6.04 Å². The molecular formula is C24H28N2O5. The van der Waals surface area contributed by atoms with Crippen molar-refractivity contribution in [3.63, 3.8) is 0 Å². The van der Waals surface area contributed by atoms with Gasteiger partial charge < -0.3 is 15.4 Å². The molecule has 0 unspecified atom stereocenters. The zero-order valence-corrected chi connectivity index (χ0v) is 18.4. The number of amides is 2. The second kappa shape index (κ2) is 10.5. The minimum atomic E-state index is -1.03. The zero-order valence-electron chi connectivity index (χ0n) is 18.4. The zero-order chi connectivity index (χ0) is 23.1. The molecule has 0 aromatic heterocycles. The molecule has 2 rings (SSSR count). The van der Waals surface area contributed by atoms with Gasteiger partial charge in [-0.25, -0.2) is 4.79 Å². The van der Waals surface area contributed by atoms with Crippen LogP contribution in [-0.2, 0) is 14.3 Å². The van der Waals surface area contributed by atoms with Gasteiger partial charge in [0.25, 0.3) is 5.91 Å². The summed E-state index contributed by atoms with van der Waals surface area (Å²) in [4.78, 5) is 48.9. The summed E-state index contributed by atoms with van der Waals surface area (Å²) in [5, 5.41) is 5.32. The maximum Gasteiger partial charge on any atom is 0.329 e. The van der Waals surface area contributed by atoms with E-state index in [0.29, 0.717) is 16.8 Å². The molecule has 7 heteroatoms. The van der Waals surface area contributed by atoms with Gasteiger partial charge in [0.15, 0.2) is 6.10 Å². The van der Waals surface area contributed by atoms with Crippen LogP contribution in [0.1, 0.15) is 54.0 Å². The molecule has 0 aliphatic heterocycles. The summed E-state index contributed by atoms with van der Waals surface area (Å²) >= 11 is 0. The van der Waals surface area contributed by atoms with Gasteiger partial charge in [-0.2, -0.15) is 0 Å². The summed E-state index contributed by atoms with van der Waals surface area (Å²) in [6.07, 6.45) is -1.03. The molecule has 2 aromatic rings. The van der Waals surface area contributed by atoms with E-state index in [4.69, 9.17) is 4.74 Å². The Bertz CT molecular complexity index is 966. The molecule has 0 fully saturated rings. The summed E-state index contributed by atoms with van der Waals surface area (Å²) < 4.78 is 5.24. The average Bonchev–Trinajstić information content (AvgIpc) is 2.73. The van der Waals surface area contributed by atoms with E-state index in [-0.39, 0.29) is 17.6 Å². The fourth-order valence-corrected chi connectivity index (χ4v) is 2.69. The minimum absolute atomic E-state index is 0.122. The van der Waals surface area contributed by atoms with Gasteiger partial charge in [-0.1, -0.05) is 31.5 Å². The molecule has 2 N–H and O–H groups in total. The summed E-state index contributed by atoms with van der Waals surface area (Å²) in [6, 6.07) is 12.4. The topological polar surface area (TPSA) is 102 Å². The number of hydrogen-bond acceptors (Lipinski definition) is 5. The molecule has 0 heterocycles. The van der Waals surface area contributed by atoms with Crippen LogP contribution < -0.4 is 10.6 Å². The first-order chi connectivity index (χ1) is 14.6. The number of ether oxygens (including phenoxy) is 1. The maximum atomic E-state index is 12.6. The summed E-state index contributed by atoms with van der Waals surface area (Å²) in [5.74, 6) is -1.77. The molecule has 31 heavy (non-hydrogen) atoms. The Morgan fingerprint density at radius 1 is 0.871 bits per heavy atom. The molecule has 2 aromatic carbocycles. The lowest BCUT2D eigenvalue weighted by Gasteiger charge is -2.17. The molecule has 164 valence electrons. The smallest absolute Gasteiger partial charge is 0.329 e. The summed E-state index contributed by atoms with van der Waals surface area (Å²) in [6.45, 7) is 8.41. The fourth-order valence-electron chi connectivity index (χ4n) is 2.69. The van der Waals surface area contributed by atoms with Crippen LogP contribution in [-0.4, -0.2) is 35.7 Å². The molecule has 0 spiro atoms. The Morgan fingerprint density at radius 3 is 2.10 bits per heavy atom. The van der Waals surface area contributed by atoms with E-state index < -0.39 is 24.0 Å². The van der Waals surface area contributed by atoms with E-state index in [9.17, 15) is 19.2 Å². The number of Topliss-reactive ketones (excluding diaryl/α,β-unsaturated/α-hetero) is 1. The lowest BCUT2D eigenvalue weighted by Crippen LogP contribution is -2.41. The number of carbonyl (C=O) groups is 4. The highest BCUT2D eigenvalue weighted by molar-refractivity contribution is 6.01. The first-order valence-electron chi connectivity index (χ1n) is 10.1. The highest BCUT2D eigenvalue weighted by Crippen LogP contribution is 2.14. The van der Waals surface area contributed by atoms with Crippen LogP contribution in [0.4, 0.5) is 5.69 Å². The van der Waals surface area contributed by atoms with Crippen molar-refractivity contribution < 1.29 is 23.9 Å². The first-order valence-corrected chi connectivity index (χ1v) is 10.1. The quantitative estimate of drug-likeness (QED) is 0.499. The summed E-state index contributed by atoms with van der Waals surface area (Å²) in [7, 11) is 0. The molecule has 0 bridgehead atoms. The number of esters is 1. The highest BCUT2D eigenvalue weighted by Gasteiger charge is 2.24. The second-order valence-corrected chi connectivity index (χ2v) is 7.73. The molecular weight excluding hydrogens is 396 g/mol. The Hall–Kier alpha value is -3.48. The van der Waals surface area contributed by atoms with Crippen LogP contribution in [0, 0.1) is 12.8 Å². The average molecular weight is 424 g/mol. The Balaban J connectivity index is 1.93. The van der Waals surface area contributed by atoms with Crippen molar-refractivity contribution in [2.75, 3.05) is 5.32 Å². The number of nitrogens with one attached hydrogen (secondary N) is 2. The third kappa shape index (κ3) is 6.77. The van der Waals surface area contributed by atoms with Crippen LogP contribution in [0.3, 0.4) is 0 Å². The fraction of sp³-hybridized carbons (Fsp3) is 0.333. The third-order valence-electron chi connectivity index (χ3n) is 4.60. The summed E-state index contributed by atoms with van der Waals surface area (Å²) in [5.41, 5.74) is 2.29. The van der Waals surface area contributed by atoms with Crippen molar-refractivity contribution in [2.45, 2.75) is 46.8 Å².